The predicted molar refractivity (Wildman–Crippen MR) is 93.0 cm³/mol. The monoisotopic (exact) mass is 306 g/mol. The van der Waals surface area contributed by atoms with Crippen LogP contribution in [0.15, 0.2) is 6.07 Å². The molecule has 0 saturated carbocycles. The third-order valence-corrected chi connectivity index (χ3v) is 4.86. The number of nitrogens with one attached hydrogen (secondary N) is 1. The van der Waals surface area contributed by atoms with Gasteiger partial charge in [-0.3, -0.25) is 0 Å². The lowest BCUT2D eigenvalue weighted by Gasteiger charge is -2.15. The van der Waals surface area contributed by atoms with Gasteiger partial charge in [0.15, 0.2) is 0 Å². The van der Waals surface area contributed by atoms with Gasteiger partial charge in [0.2, 0.25) is 5.95 Å². The van der Waals surface area contributed by atoms with Crippen molar-refractivity contribution in [1.82, 2.24) is 9.97 Å². The van der Waals surface area contributed by atoms with E-state index in [4.69, 9.17) is 5.73 Å². The number of anilines is 2. The van der Waals surface area contributed by atoms with E-state index >= 15 is 0 Å². The van der Waals surface area contributed by atoms with Gasteiger partial charge in [-0.05, 0) is 25.8 Å². The number of hydrogen-bond donors (Lipinski definition) is 2. The molecule has 0 spiro atoms. The van der Waals surface area contributed by atoms with Gasteiger partial charge in [-0.2, -0.15) is 4.98 Å². The smallest absolute Gasteiger partial charge is 0.223 e. The van der Waals surface area contributed by atoms with Gasteiger partial charge < -0.3 is 11.1 Å². The first-order chi connectivity index (χ1) is 10.1. The van der Waals surface area contributed by atoms with Gasteiger partial charge in [-0.15, -0.1) is 11.3 Å². The van der Waals surface area contributed by atoms with Crippen LogP contribution in [0.25, 0.3) is 10.2 Å². The summed E-state index contributed by atoms with van der Waals surface area (Å²) in [6.45, 7) is 6.61. The number of nitrogen functional groups attached to an aromatic ring is 1. The highest BCUT2D eigenvalue weighted by Crippen LogP contribution is 2.30. The zero-order chi connectivity index (χ0) is 15.2. The van der Waals surface area contributed by atoms with Crippen molar-refractivity contribution in [3.63, 3.8) is 0 Å². The SMILES string of the molecule is CCCCCCC(C)Nc1nc(N)nc2sc(CC)cc12. The largest absolute Gasteiger partial charge is 0.368 e. The van der Waals surface area contributed by atoms with E-state index in [2.05, 4.69) is 42.1 Å². The molecule has 2 heterocycles. The van der Waals surface area contributed by atoms with Crippen LogP contribution in [0.4, 0.5) is 11.8 Å². The average molecular weight is 306 g/mol. The maximum absolute atomic E-state index is 5.84. The number of nitrogens with zero attached hydrogens (tertiary/aromatic N) is 2. The minimum atomic E-state index is 0.354. The predicted octanol–water partition coefficient (Wildman–Crippen LogP) is 4.61. The molecule has 1 unspecified atom stereocenters. The maximum Gasteiger partial charge on any atom is 0.223 e. The second-order valence-electron chi connectivity index (χ2n) is 5.61. The van der Waals surface area contributed by atoms with Crippen molar-refractivity contribution < 1.29 is 0 Å². The number of hydrogen-bond acceptors (Lipinski definition) is 5. The molecule has 0 bridgehead atoms. The highest BCUT2D eigenvalue weighted by molar-refractivity contribution is 7.18. The molecule has 0 aliphatic rings. The molecule has 0 aromatic carbocycles. The van der Waals surface area contributed by atoms with Crippen molar-refractivity contribution in [2.24, 2.45) is 0 Å². The van der Waals surface area contributed by atoms with Gasteiger partial charge in [0, 0.05) is 10.9 Å². The molecule has 2 aromatic rings. The Morgan fingerprint density at radius 3 is 2.76 bits per heavy atom. The summed E-state index contributed by atoms with van der Waals surface area (Å²) in [6.07, 6.45) is 7.35. The van der Waals surface area contributed by atoms with E-state index in [1.54, 1.807) is 11.3 Å². The van der Waals surface area contributed by atoms with Gasteiger partial charge in [0.25, 0.3) is 0 Å². The summed E-state index contributed by atoms with van der Waals surface area (Å²) in [5, 5.41) is 4.62. The highest BCUT2D eigenvalue weighted by Gasteiger charge is 2.12. The van der Waals surface area contributed by atoms with Gasteiger partial charge in [0.05, 0.1) is 5.39 Å². The maximum atomic E-state index is 5.84. The van der Waals surface area contributed by atoms with Crippen molar-refractivity contribution in [3.8, 4) is 0 Å². The fourth-order valence-corrected chi connectivity index (χ4v) is 3.43. The minimum absolute atomic E-state index is 0.354. The lowest BCUT2D eigenvalue weighted by atomic mass is 10.1. The number of thiophene rings is 1. The van der Waals surface area contributed by atoms with E-state index in [9.17, 15) is 0 Å². The van der Waals surface area contributed by atoms with Crippen LogP contribution >= 0.6 is 11.3 Å². The van der Waals surface area contributed by atoms with E-state index in [0.29, 0.717) is 12.0 Å². The summed E-state index contributed by atoms with van der Waals surface area (Å²) in [6, 6.07) is 2.59. The summed E-state index contributed by atoms with van der Waals surface area (Å²) in [5.74, 6) is 1.24. The Morgan fingerprint density at radius 2 is 2.05 bits per heavy atom. The molecule has 2 aromatic heterocycles. The lowest BCUT2D eigenvalue weighted by molar-refractivity contribution is 0.593. The molecule has 1 atom stereocenters. The number of fused-ring (bicyclic) bond motifs is 1. The molecule has 0 amide bonds. The van der Waals surface area contributed by atoms with Crippen LogP contribution in [-0.2, 0) is 6.42 Å². The fraction of sp³-hybridized carbons (Fsp3) is 0.625. The number of aryl methyl sites for hydroxylation is 1. The van der Waals surface area contributed by atoms with E-state index in [1.165, 1.54) is 30.6 Å². The van der Waals surface area contributed by atoms with Crippen molar-refractivity contribution in [2.45, 2.75) is 65.3 Å². The standard InChI is InChI=1S/C16H26N4S/c1-4-6-7-8-9-11(3)18-14-13-10-12(5-2)21-15(13)20-16(17)19-14/h10-11H,4-9H2,1-3H3,(H3,17,18,19,20). The van der Waals surface area contributed by atoms with Crippen molar-refractivity contribution in [3.05, 3.63) is 10.9 Å². The molecule has 0 saturated heterocycles. The molecule has 0 aliphatic heterocycles. The van der Waals surface area contributed by atoms with Gasteiger partial charge in [0.1, 0.15) is 10.6 Å². The van der Waals surface area contributed by atoms with E-state index < -0.39 is 0 Å². The van der Waals surface area contributed by atoms with Gasteiger partial charge >= 0.3 is 0 Å². The van der Waals surface area contributed by atoms with Crippen LogP contribution in [0.3, 0.4) is 0 Å². The Labute approximate surface area is 131 Å². The lowest BCUT2D eigenvalue weighted by Crippen LogP contribution is -2.16. The van der Waals surface area contributed by atoms with Gasteiger partial charge in [-0.1, -0.05) is 39.5 Å². The van der Waals surface area contributed by atoms with Crippen LogP contribution in [0.5, 0.6) is 0 Å². The second-order valence-corrected chi connectivity index (χ2v) is 6.73. The van der Waals surface area contributed by atoms with E-state index in [1.807, 2.05) is 0 Å². The zero-order valence-corrected chi connectivity index (χ0v) is 14.1. The first-order valence-corrected chi connectivity index (χ1v) is 8.78. The summed E-state index contributed by atoms with van der Waals surface area (Å²) < 4.78 is 0. The zero-order valence-electron chi connectivity index (χ0n) is 13.3. The second kappa shape index (κ2) is 7.59. The Balaban J connectivity index is 2.08. The molecule has 3 N–H and O–H groups in total. The molecule has 5 heteroatoms. The Bertz CT molecular complexity index is 579. The van der Waals surface area contributed by atoms with Crippen LogP contribution in [0.2, 0.25) is 0 Å². The minimum Gasteiger partial charge on any atom is -0.368 e. The number of rotatable bonds is 8. The fourth-order valence-electron chi connectivity index (χ4n) is 2.45. The van der Waals surface area contributed by atoms with Crippen molar-refractivity contribution >= 4 is 33.3 Å². The topological polar surface area (TPSA) is 63.8 Å². The number of aromatic nitrogens is 2. The van der Waals surface area contributed by atoms with Crippen LogP contribution < -0.4 is 11.1 Å². The molecule has 116 valence electrons. The van der Waals surface area contributed by atoms with Crippen LogP contribution in [-0.4, -0.2) is 16.0 Å². The third-order valence-electron chi connectivity index (χ3n) is 3.68. The molecule has 0 radical (unpaired) electrons. The molecule has 4 nitrogen and oxygen atoms in total. The van der Waals surface area contributed by atoms with E-state index in [-0.39, 0.29) is 0 Å². The highest BCUT2D eigenvalue weighted by atomic mass is 32.1. The first-order valence-electron chi connectivity index (χ1n) is 7.96. The quantitative estimate of drug-likeness (QED) is 0.699. The third kappa shape index (κ3) is 4.30. The number of nitrogens with two attached hydrogens (primary N) is 1. The summed E-state index contributed by atoms with van der Waals surface area (Å²) in [7, 11) is 0. The molecule has 2 rings (SSSR count). The molecular formula is C16H26N4S. The van der Waals surface area contributed by atoms with Crippen molar-refractivity contribution in [1.29, 1.82) is 0 Å². The van der Waals surface area contributed by atoms with Crippen molar-refractivity contribution in [2.75, 3.05) is 11.1 Å². The summed E-state index contributed by atoms with van der Waals surface area (Å²) in [4.78, 5) is 11.0. The van der Waals surface area contributed by atoms with Gasteiger partial charge in [-0.25, -0.2) is 4.98 Å². The van der Waals surface area contributed by atoms with E-state index in [0.717, 1.165) is 28.9 Å². The molecule has 21 heavy (non-hydrogen) atoms. The molecule has 0 aliphatic carbocycles. The summed E-state index contributed by atoms with van der Waals surface area (Å²) in [5.41, 5.74) is 5.84. The molecule has 0 fully saturated rings. The number of unbranched alkanes of at least 4 members (excludes halogenated alkanes) is 3. The first kappa shape index (κ1) is 16.0. The summed E-state index contributed by atoms with van der Waals surface area (Å²) >= 11 is 1.71. The Morgan fingerprint density at radius 1 is 1.24 bits per heavy atom. The Hall–Kier alpha value is -1.36. The Kier molecular flexibility index (Phi) is 5.79. The van der Waals surface area contributed by atoms with Crippen LogP contribution in [0.1, 0.15) is 57.8 Å². The average Bonchev–Trinajstić information content (AvgIpc) is 2.86. The molecular weight excluding hydrogens is 280 g/mol. The van der Waals surface area contributed by atoms with Crippen LogP contribution in [0, 0.1) is 0 Å². The normalized spacial score (nSPS) is 12.7.